The minimum atomic E-state index is -0.629. The van der Waals surface area contributed by atoms with Gasteiger partial charge >= 0.3 is 18.0 Å². The van der Waals surface area contributed by atoms with Crippen molar-refractivity contribution < 1.29 is 32.7 Å². The molecule has 0 radical (unpaired) electrons. The van der Waals surface area contributed by atoms with Gasteiger partial charge in [-0.05, 0) is 50.6 Å². The summed E-state index contributed by atoms with van der Waals surface area (Å²) < 4.78 is 21.0. The number of urea groups is 1. The molecule has 0 aliphatic heterocycles. The number of nitrogens with zero attached hydrogens (tertiary/aromatic N) is 1. The Balaban J connectivity index is 1.90. The van der Waals surface area contributed by atoms with E-state index >= 15 is 0 Å². The van der Waals surface area contributed by atoms with Gasteiger partial charge < -0.3 is 23.2 Å². The quantitative estimate of drug-likeness (QED) is 0.455. The Morgan fingerprint density at radius 1 is 0.969 bits per heavy atom. The fourth-order valence-electron chi connectivity index (χ4n) is 3.00. The third kappa shape index (κ3) is 5.38. The van der Waals surface area contributed by atoms with Crippen molar-refractivity contribution in [3.63, 3.8) is 0 Å². The van der Waals surface area contributed by atoms with Crippen LogP contribution < -0.4 is 5.32 Å². The first-order valence-electron chi connectivity index (χ1n) is 10.0. The number of carbonyl (C=O) groups excluding carboxylic acids is 3. The van der Waals surface area contributed by atoms with E-state index in [2.05, 4.69) is 5.32 Å². The van der Waals surface area contributed by atoms with Crippen LogP contribution in [-0.2, 0) is 22.6 Å². The lowest BCUT2D eigenvalue weighted by Gasteiger charge is -2.21. The van der Waals surface area contributed by atoms with Crippen molar-refractivity contribution in [2.45, 2.75) is 33.9 Å². The number of hydrogen-bond donors (Lipinski definition) is 1. The second-order valence-electron chi connectivity index (χ2n) is 6.65. The molecule has 0 fully saturated rings. The van der Waals surface area contributed by atoms with Gasteiger partial charge in [0.1, 0.15) is 21.4 Å². The van der Waals surface area contributed by atoms with E-state index < -0.39 is 18.0 Å². The lowest BCUT2D eigenvalue weighted by atomic mass is 10.1. The highest BCUT2D eigenvalue weighted by atomic mass is 32.1. The van der Waals surface area contributed by atoms with Crippen molar-refractivity contribution in [2.24, 2.45) is 0 Å². The number of esters is 2. The van der Waals surface area contributed by atoms with Crippen LogP contribution in [0, 0.1) is 6.92 Å². The molecule has 2 amide bonds. The van der Waals surface area contributed by atoms with Gasteiger partial charge in [0, 0.05) is 0 Å². The molecule has 10 heteroatoms. The number of amides is 2. The molecule has 1 N–H and O–H groups in total. The first-order valence-corrected chi connectivity index (χ1v) is 10.8. The Morgan fingerprint density at radius 3 is 2.03 bits per heavy atom. The maximum Gasteiger partial charge on any atom is 0.348 e. The number of furan rings is 2. The van der Waals surface area contributed by atoms with Gasteiger partial charge in [-0.15, -0.1) is 11.3 Å². The number of ether oxygens (including phenoxy) is 2. The Bertz CT molecular complexity index is 1020. The summed E-state index contributed by atoms with van der Waals surface area (Å²) in [6.07, 6.45) is 3.04. The Kier molecular flexibility index (Phi) is 7.72. The van der Waals surface area contributed by atoms with Crippen molar-refractivity contribution in [3.8, 4) is 0 Å². The van der Waals surface area contributed by atoms with Crippen molar-refractivity contribution in [3.05, 3.63) is 64.3 Å². The van der Waals surface area contributed by atoms with Gasteiger partial charge in [0.25, 0.3) is 0 Å². The van der Waals surface area contributed by atoms with E-state index in [4.69, 9.17) is 18.3 Å². The van der Waals surface area contributed by atoms with Crippen molar-refractivity contribution in [2.75, 3.05) is 18.5 Å². The molecule has 0 saturated heterocycles. The van der Waals surface area contributed by atoms with Crippen LogP contribution in [0.5, 0.6) is 0 Å². The van der Waals surface area contributed by atoms with Crippen LogP contribution in [0.15, 0.2) is 45.6 Å². The van der Waals surface area contributed by atoms with Crippen LogP contribution in [0.4, 0.5) is 9.80 Å². The van der Waals surface area contributed by atoms with Crippen molar-refractivity contribution in [1.82, 2.24) is 4.90 Å². The maximum absolute atomic E-state index is 13.2. The van der Waals surface area contributed by atoms with Crippen LogP contribution in [0.25, 0.3) is 0 Å². The van der Waals surface area contributed by atoms with Crippen LogP contribution in [0.2, 0.25) is 0 Å². The molecule has 0 aliphatic rings. The fraction of sp³-hybridized carbons (Fsp3) is 0.318. The van der Waals surface area contributed by atoms with Gasteiger partial charge in [-0.25, -0.2) is 14.4 Å². The fourth-order valence-corrected chi connectivity index (χ4v) is 4.08. The topological polar surface area (TPSA) is 111 Å². The van der Waals surface area contributed by atoms with Gasteiger partial charge in [-0.3, -0.25) is 5.32 Å². The SMILES string of the molecule is CCOC(=O)c1sc(NC(=O)N(Cc2ccco2)Cc2ccco2)c(C(=O)OCC)c1C. The van der Waals surface area contributed by atoms with E-state index in [1.165, 1.54) is 17.4 Å². The lowest BCUT2D eigenvalue weighted by Crippen LogP contribution is -2.34. The minimum Gasteiger partial charge on any atom is -0.467 e. The average molecular weight is 461 g/mol. The molecule has 3 aromatic rings. The summed E-state index contributed by atoms with van der Waals surface area (Å²) in [7, 11) is 0. The summed E-state index contributed by atoms with van der Waals surface area (Å²) in [5.74, 6) is -0.0430. The molecule has 32 heavy (non-hydrogen) atoms. The van der Waals surface area contributed by atoms with Crippen molar-refractivity contribution in [1.29, 1.82) is 0 Å². The number of anilines is 1. The monoisotopic (exact) mass is 460 g/mol. The number of nitrogens with one attached hydrogen (secondary N) is 1. The zero-order valence-corrected chi connectivity index (χ0v) is 18.8. The number of thiophene rings is 1. The molecule has 0 atom stereocenters. The van der Waals surface area contributed by atoms with E-state index in [-0.39, 0.29) is 41.7 Å². The van der Waals surface area contributed by atoms with Crippen LogP contribution in [-0.4, -0.2) is 36.1 Å². The molecule has 170 valence electrons. The lowest BCUT2D eigenvalue weighted by molar-refractivity contribution is 0.0527. The largest absolute Gasteiger partial charge is 0.467 e. The second-order valence-corrected chi connectivity index (χ2v) is 7.67. The molecule has 9 nitrogen and oxygen atoms in total. The molecule has 0 bridgehead atoms. The molecular formula is C22H24N2O7S. The number of hydrogen-bond acceptors (Lipinski definition) is 8. The number of carbonyl (C=O) groups is 3. The molecule has 3 heterocycles. The van der Waals surface area contributed by atoms with E-state index in [9.17, 15) is 14.4 Å². The Morgan fingerprint density at radius 2 is 1.53 bits per heavy atom. The molecule has 0 aliphatic carbocycles. The van der Waals surface area contributed by atoms with Gasteiger partial charge in [0.2, 0.25) is 0 Å². The smallest absolute Gasteiger partial charge is 0.348 e. The summed E-state index contributed by atoms with van der Waals surface area (Å²) in [5, 5.41) is 2.95. The predicted octanol–water partition coefficient (Wildman–Crippen LogP) is 4.83. The summed E-state index contributed by atoms with van der Waals surface area (Å²) in [4.78, 5) is 39.8. The number of rotatable bonds is 9. The van der Waals surface area contributed by atoms with Gasteiger partial charge in [0.05, 0.1) is 44.4 Å². The maximum atomic E-state index is 13.2. The molecular weight excluding hydrogens is 436 g/mol. The Labute approximate surface area is 188 Å². The van der Waals surface area contributed by atoms with Crippen LogP contribution in [0.1, 0.15) is 51.0 Å². The normalized spacial score (nSPS) is 10.6. The van der Waals surface area contributed by atoms with Crippen LogP contribution in [0.3, 0.4) is 0 Å². The highest BCUT2D eigenvalue weighted by Gasteiger charge is 2.28. The van der Waals surface area contributed by atoms with Gasteiger partial charge in [0.15, 0.2) is 0 Å². The van der Waals surface area contributed by atoms with Gasteiger partial charge in [-0.2, -0.15) is 0 Å². The zero-order valence-electron chi connectivity index (χ0n) is 18.0. The predicted molar refractivity (Wildman–Crippen MR) is 117 cm³/mol. The first kappa shape index (κ1) is 23.1. The summed E-state index contributed by atoms with van der Waals surface area (Å²) in [6.45, 7) is 5.67. The molecule has 3 aromatic heterocycles. The van der Waals surface area contributed by atoms with E-state index in [0.29, 0.717) is 17.1 Å². The molecule has 0 spiro atoms. The Hall–Kier alpha value is -3.53. The molecule has 0 unspecified atom stereocenters. The second kappa shape index (κ2) is 10.7. The van der Waals surface area contributed by atoms with Gasteiger partial charge in [-0.1, -0.05) is 0 Å². The highest BCUT2D eigenvalue weighted by Crippen LogP contribution is 2.34. The molecule has 3 rings (SSSR count). The summed E-state index contributed by atoms with van der Waals surface area (Å²) in [5.41, 5.74) is 0.523. The molecule has 0 saturated carbocycles. The standard InChI is InChI=1S/C22H24N2O7S/c1-4-28-20(25)17-14(3)18(21(26)29-5-2)32-19(17)23-22(27)24(12-15-8-6-10-30-15)13-16-9-7-11-31-16/h6-11H,4-5,12-13H2,1-3H3,(H,23,27). The first-order chi connectivity index (χ1) is 15.4. The van der Waals surface area contributed by atoms with E-state index in [1.807, 2.05) is 0 Å². The summed E-state index contributed by atoms with van der Waals surface area (Å²) in [6, 6.07) is 6.46. The zero-order chi connectivity index (χ0) is 23.1. The minimum absolute atomic E-state index is 0.129. The summed E-state index contributed by atoms with van der Waals surface area (Å²) >= 11 is 0.969. The average Bonchev–Trinajstić information content (AvgIpc) is 3.50. The van der Waals surface area contributed by atoms with Crippen molar-refractivity contribution >= 4 is 34.3 Å². The highest BCUT2D eigenvalue weighted by molar-refractivity contribution is 7.18. The van der Waals surface area contributed by atoms with E-state index in [1.54, 1.807) is 45.0 Å². The van der Waals surface area contributed by atoms with E-state index in [0.717, 1.165) is 11.3 Å². The molecule has 0 aromatic carbocycles. The third-order valence-corrected chi connectivity index (χ3v) is 5.64. The van der Waals surface area contributed by atoms with Crippen LogP contribution >= 0.6 is 11.3 Å². The third-order valence-electron chi connectivity index (χ3n) is 4.45.